The maximum absolute atomic E-state index is 11.9. The highest BCUT2D eigenvalue weighted by molar-refractivity contribution is 6.09. The summed E-state index contributed by atoms with van der Waals surface area (Å²) in [7, 11) is 1.64. The molecule has 2 atom stereocenters. The Bertz CT molecular complexity index is 316. The van der Waals surface area contributed by atoms with E-state index in [1.807, 2.05) is 0 Å². The molecule has 2 N–H and O–H groups in total. The van der Waals surface area contributed by atoms with Crippen LogP contribution in [0.3, 0.4) is 0 Å². The van der Waals surface area contributed by atoms with E-state index >= 15 is 0 Å². The summed E-state index contributed by atoms with van der Waals surface area (Å²) in [5.41, 5.74) is -0.384. The van der Waals surface area contributed by atoms with Crippen LogP contribution in [0.2, 0.25) is 0 Å². The molecule has 2 rings (SSSR count). The first-order valence-electron chi connectivity index (χ1n) is 5.79. The van der Waals surface area contributed by atoms with Crippen LogP contribution in [0.25, 0.3) is 0 Å². The maximum atomic E-state index is 11.9. The minimum atomic E-state index is -0.384. The Labute approximate surface area is 95.6 Å². The van der Waals surface area contributed by atoms with Gasteiger partial charge in [-0.3, -0.25) is 15.1 Å². The van der Waals surface area contributed by atoms with Crippen molar-refractivity contribution in [3.8, 4) is 0 Å². The summed E-state index contributed by atoms with van der Waals surface area (Å²) in [4.78, 5) is 16.2. The average Bonchev–Trinajstić information content (AvgIpc) is 2.74. The lowest BCUT2D eigenvalue weighted by Crippen LogP contribution is -2.44. The second-order valence-electron chi connectivity index (χ2n) is 4.73. The summed E-state index contributed by atoms with van der Waals surface area (Å²) in [6, 6.07) is 0. The normalized spacial score (nSPS) is 35.8. The first kappa shape index (κ1) is 11.4. The molecule has 2 aliphatic rings. The smallest absolute Gasteiger partial charge is 0.252 e. The van der Waals surface area contributed by atoms with Crippen LogP contribution in [-0.2, 0) is 9.53 Å². The standard InChI is InChI=1S/C11H19N3O2/c1-8-3-4-11(7-8)9(15)13-10(14-11)12-5-6-16-2/h8H,3-7H2,1-2H3,(H2,12,13,14,15). The number of carbonyl (C=O) groups excluding carboxylic acids is 1. The van der Waals surface area contributed by atoms with E-state index in [2.05, 4.69) is 22.5 Å². The predicted octanol–water partition coefficient (Wildman–Crippen LogP) is 0.267. The van der Waals surface area contributed by atoms with E-state index in [-0.39, 0.29) is 11.4 Å². The number of nitrogens with zero attached hydrogens (tertiary/aromatic N) is 1. The molecule has 0 aromatic heterocycles. The van der Waals surface area contributed by atoms with Gasteiger partial charge in [-0.05, 0) is 25.2 Å². The minimum absolute atomic E-state index is 0.0769. The summed E-state index contributed by atoms with van der Waals surface area (Å²) in [5, 5.41) is 6.05. The molecule has 0 bridgehead atoms. The largest absolute Gasteiger partial charge is 0.383 e. The van der Waals surface area contributed by atoms with Gasteiger partial charge in [0.25, 0.3) is 5.91 Å². The van der Waals surface area contributed by atoms with Gasteiger partial charge in [0.05, 0.1) is 13.2 Å². The molecule has 1 spiro atoms. The number of methoxy groups -OCH3 is 1. The van der Waals surface area contributed by atoms with Crippen LogP contribution in [0.4, 0.5) is 0 Å². The predicted molar refractivity (Wildman–Crippen MR) is 61.2 cm³/mol. The highest BCUT2D eigenvalue weighted by Gasteiger charge is 2.48. The van der Waals surface area contributed by atoms with Crippen molar-refractivity contribution in [3.63, 3.8) is 0 Å². The van der Waals surface area contributed by atoms with Crippen molar-refractivity contribution >= 4 is 11.9 Å². The molecule has 1 saturated heterocycles. The van der Waals surface area contributed by atoms with Gasteiger partial charge in [-0.2, -0.15) is 0 Å². The molecule has 1 aliphatic heterocycles. The first-order chi connectivity index (χ1) is 7.66. The molecule has 0 aromatic carbocycles. The van der Waals surface area contributed by atoms with E-state index in [0.29, 0.717) is 25.0 Å². The van der Waals surface area contributed by atoms with Gasteiger partial charge in [-0.1, -0.05) is 6.92 Å². The van der Waals surface area contributed by atoms with Crippen molar-refractivity contribution in [2.45, 2.75) is 31.7 Å². The van der Waals surface area contributed by atoms with Gasteiger partial charge < -0.3 is 10.1 Å². The van der Waals surface area contributed by atoms with E-state index < -0.39 is 0 Å². The fraction of sp³-hybridized carbons (Fsp3) is 0.818. The molecule has 0 aromatic rings. The number of ether oxygens (including phenoxy) is 1. The zero-order valence-corrected chi connectivity index (χ0v) is 9.88. The molecule has 16 heavy (non-hydrogen) atoms. The average molecular weight is 225 g/mol. The van der Waals surface area contributed by atoms with Gasteiger partial charge in [-0.15, -0.1) is 0 Å². The number of carbonyl (C=O) groups is 1. The number of amides is 1. The number of guanidine groups is 1. The van der Waals surface area contributed by atoms with E-state index in [4.69, 9.17) is 4.74 Å². The number of hydrogen-bond donors (Lipinski definition) is 2. The van der Waals surface area contributed by atoms with Crippen LogP contribution in [0.15, 0.2) is 4.99 Å². The number of aliphatic imine (C=N–C) groups is 1. The quantitative estimate of drug-likeness (QED) is 0.678. The monoisotopic (exact) mass is 225 g/mol. The van der Waals surface area contributed by atoms with E-state index in [0.717, 1.165) is 19.3 Å². The summed E-state index contributed by atoms with van der Waals surface area (Å²) >= 11 is 0. The Balaban J connectivity index is 1.99. The van der Waals surface area contributed by atoms with Crippen molar-refractivity contribution in [2.24, 2.45) is 10.9 Å². The minimum Gasteiger partial charge on any atom is -0.383 e. The van der Waals surface area contributed by atoms with E-state index in [1.54, 1.807) is 7.11 Å². The van der Waals surface area contributed by atoms with Gasteiger partial charge in [-0.25, -0.2) is 0 Å². The molecule has 90 valence electrons. The fourth-order valence-corrected chi connectivity index (χ4v) is 2.48. The first-order valence-corrected chi connectivity index (χ1v) is 5.79. The number of rotatable bonds is 3. The van der Waals surface area contributed by atoms with Crippen LogP contribution in [0.5, 0.6) is 0 Å². The summed E-state index contributed by atoms with van der Waals surface area (Å²) < 4.78 is 4.91. The molecule has 1 aliphatic carbocycles. The Morgan fingerprint density at radius 2 is 2.44 bits per heavy atom. The Morgan fingerprint density at radius 1 is 1.62 bits per heavy atom. The van der Waals surface area contributed by atoms with Gasteiger partial charge in [0, 0.05) is 7.11 Å². The van der Waals surface area contributed by atoms with Crippen molar-refractivity contribution in [3.05, 3.63) is 0 Å². The van der Waals surface area contributed by atoms with Crippen molar-refractivity contribution in [1.82, 2.24) is 10.6 Å². The third-order valence-electron chi connectivity index (χ3n) is 3.35. The van der Waals surface area contributed by atoms with Crippen molar-refractivity contribution in [2.75, 3.05) is 20.3 Å². The van der Waals surface area contributed by atoms with Gasteiger partial charge in [0.1, 0.15) is 5.54 Å². The molecule has 1 saturated carbocycles. The lowest BCUT2D eigenvalue weighted by atomic mass is 9.97. The highest BCUT2D eigenvalue weighted by Crippen LogP contribution is 2.36. The third-order valence-corrected chi connectivity index (χ3v) is 3.35. The van der Waals surface area contributed by atoms with Crippen molar-refractivity contribution < 1.29 is 9.53 Å². The summed E-state index contributed by atoms with van der Waals surface area (Å²) in [5.74, 6) is 1.29. The molecule has 5 heteroatoms. The number of hydrogen-bond acceptors (Lipinski definition) is 3. The molecule has 0 radical (unpaired) electrons. The SMILES string of the molecule is COCCN=C1NC(=O)C2(CCC(C)C2)N1. The molecular weight excluding hydrogens is 206 g/mol. The third kappa shape index (κ3) is 2.04. The second-order valence-corrected chi connectivity index (χ2v) is 4.73. The van der Waals surface area contributed by atoms with Gasteiger partial charge in [0.2, 0.25) is 0 Å². The highest BCUT2D eigenvalue weighted by atomic mass is 16.5. The fourth-order valence-electron chi connectivity index (χ4n) is 2.48. The molecule has 2 fully saturated rings. The van der Waals surface area contributed by atoms with E-state index in [1.165, 1.54) is 0 Å². The van der Waals surface area contributed by atoms with E-state index in [9.17, 15) is 4.79 Å². The van der Waals surface area contributed by atoms with Crippen LogP contribution >= 0.6 is 0 Å². The van der Waals surface area contributed by atoms with Gasteiger partial charge >= 0.3 is 0 Å². The molecule has 2 unspecified atom stereocenters. The van der Waals surface area contributed by atoms with Crippen LogP contribution in [0.1, 0.15) is 26.2 Å². The Kier molecular flexibility index (Phi) is 3.14. The van der Waals surface area contributed by atoms with Crippen molar-refractivity contribution in [1.29, 1.82) is 0 Å². The van der Waals surface area contributed by atoms with Crippen LogP contribution in [0, 0.1) is 5.92 Å². The Hall–Kier alpha value is -1.10. The molecule has 1 amide bonds. The Morgan fingerprint density at radius 3 is 3.06 bits per heavy atom. The van der Waals surface area contributed by atoms with Crippen LogP contribution < -0.4 is 10.6 Å². The zero-order chi connectivity index (χ0) is 11.6. The zero-order valence-electron chi connectivity index (χ0n) is 9.88. The van der Waals surface area contributed by atoms with Crippen LogP contribution in [-0.4, -0.2) is 37.7 Å². The number of nitrogens with one attached hydrogen (secondary N) is 2. The summed E-state index contributed by atoms with van der Waals surface area (Å²) in [6.07, 6.45) is 2.91. The second kappa shape index (κ2) is 4.41. The topological polar surface area (TPSA) is 62.7 Å². The van der Waals surface area contributed by atoms with Gasteiger partial charge in [0.15, 0.2) is 5.96 Å². The summed E-state index contributed by atoms with van der Waals surface area (Å²) in [6.45, 7) is 3.33. The molecular formula is C11H19N3O2. The lowest BCUT2D eigenvalue weighted by Gasteiger charge is -2.19. The lowest BCUT2D eigenvalue weighted by molar-refractivity contribution is -0.123. The molecule has 5 nitrogen and oxygen atoms in total. The maximum Gasteiger partial charge on any atom is 0.252 e. The molecule has 1 heterocycles.